The maximum atomic E-state index is 13.4. The number of fused-ring (bicyclic) bond motifs is 1. The first kappa shape index (κ1) is 20.3. The molecule has 1 amide bonds. The molecule has 4 rings (SSSR count). The molecule has 2 aromatic carbocycles. The van der Waals surface area contributed by atoms with E-state index in [1.807, 2.05) is 32.0 Å². The van der Waals surface area contributed by atoms with E-state index in [0.29, 0.717) is 50.9 Å². The van der Waals surface area contributed by atoms with Crippen LogP contribution in [-0.2, 0) is 4.79 Å². The number of carbonyl (C=O) groups excluding carboxylic acids is 1. The van der Waals surface area contributed by atoms with Gasteiger partial charge in [-0.15, -0.1) is 0 Å². The molecule has 0 fully saturated rings. The molecule has 9 heteroatoms. The summed E-state index contributed by atoms with van der Waals surface area (Å²) in [4.78, 5) is 17.7. The number of anilines is 2. The Kier molecular flexibility index (Phi) is 5.65. The maximum Gasteiger partial charge on any atom is 0.255 e. The molecule has 30 heavy (non-hydrogen) atoms. The number of hydrogen-bond acceptors (Lipinski definition) is 5. The van der Waals surface area contributed by atoms with E-state index >= 15 is 0 Å². The second kappa shape index (κ2) is 8.38. The number of aromatic nitrogens is 3. The zero-order valence-corrected chi connectivity index (χ0v) is 17.8. The lowest BCUT2D eigenvalue weighted by molar-refractivity contribution is -0.113. The van der Waals surface area contributed by atoms with Crippen molar-refractivity contribution < 1.29 is 9.53 Å². The van der Waals surface area contributed by atoms with Gasteiger partial charge in [0.1, 0.15) is 18.1 Å². The fraction of sp³-hybridized carbons (Fsp3) is 0.190. The second-order valence-electron chi connectivity index (χ2n) is 6.64. The summed E-state index contributed by atoms with van der Waals surface area (Å²) in [5, 5.41) is 11.3. The van der Waals surface area contributed by atoms with Crippen molar-refractivity contribution in [3.8, 4) is 5.75 Å². The largest absolute Gasteiger partial charge is 0.492 e. The summed E-state index contributed by atoms with van der Waals surface area (Å²) in [5.41, 5.74) is 2.38. The van der Waals surface area contributed by atoms with Gasteiger partial charge in [-0.1, -0.05) is 41.4 Å². The van der Waals surface area contributed by atoms with Crippen molar-refractivity contribution in [3.63, 3.8) is 0 Å². The van der Waals surface area contributed by atoms with Crippen molar-refractivity contribution in [2.45, 2.75) is 19.9 Å². The molecular formula is C21H19Cl2N5O2. The van der Waals surface area contributed by atoms with Gasteiger partial charge in [0.2, 0.25) is 5.95 Å². The molecule has 1 unspecified atom stereocenters. The highest BCUT2D eigenvalue weighted by Crippen LogP contribution is 2.39. The number of halogens is 2. The summed E-state index contributed by atoms with van der Waals surface area (Å²) in [7, 11) is 0. The summed E-state index contributed by atoms with van der Waals surface area (Å²) >= 11 is 12.6. The summed E-state index contributed by atoms with van der Waals surface area (Å²) < 4.78 is 7.26. The van der Waals surface area contributed by atoms with Crippen LogP contribution in [0.2, 0.25) is 10.0 Å². The van der Waals surface area contributed by atoms with Crippen LogP contribution in [0.3, 0.4) is 0 Å². The molecule has 3 aromatic rings. The Morgan fingerprint density at radius 2 is 2.07 bits per heavy atom. The van der Waals surface area contributed by atoms with E-state index in [0.717, 1.165) is 0 Å². The Labute approximate surface area is 183 Å². The number of amides is 1. The molecular weight excluding hydrogens is 425 g/mol. The van der Waals surface area contributed by atoms with E-state index < -0.39 is 6.04 Å². The lowest BCUT2D eigenvalue weighted by Crippen LogP contribution is -2.31. The summed E-state index contributed by atoms with van der Waals surface area (Å²) in [6.45, 7) is 4.20. The topological polar surface area (TPSA) is 81.1 Å². The van der Waals surface area contributed by atoms with Crippen LogP contribution in [-0.4, -0.2) is 27.3 Å². The average Bonchev–Trinajstić information content (AvgIpc) is 3.17. The number of nitrogens with zero attached hydrogens (tertiary/aromatic N) is 3. The van der Waals surface area contributed by atoms with E-state index in [1.165, 1.54) is 6.33 Å². The van der Waals surface area contributed by atoms with Gasteiger partial charge in [-0.25, -0.2) is 4.68 Å². The first-order valence-electron chi connectivity index (χ1n) is 9.35. The summed E-state index contributed by atoms with van der Waals surface area (Å²) in [5.74, 6) is 0.817. The molecule has 1 atom stereocenters. The minimum Gasteiger partial charge on any atom is -0.492 e. The lowest BCUT2D eigenvalue weighted by atomic mass is 9.95. The highest BCUT2D eigenvalue weighted by Gasteiger charge is 2.34. The number of carbonyl (C=O) groups is 1. The Morgan fingerprint density at radius 1 is 1.27 bits per heavy atom. The Hall–Kier alpha value is -3.03. The smallest absolute Gasteiger partial charge is 0.255 e. The second-order valence-corrected chi connectivity index (χ2v) is 7.49. The van der Waals surface area contributed by atoms with Crippen LogP contribution in [0.25, 0.3) is 0 Å². The number of para-hydroxylation sites is 2. The van der Waals surface area contributed by atoms with Crippen LogP contribution >= 0.6 is 23.2 Å². The fourth-order valence-electron chi connectivity index (χ4n) is 3.44. The molecule has 0 saturated carbocycles. The van der Waals surface area contributed by atoms with Crippen molar-refractivity contribution in [1.82, 2.24) is 14.8 Å². The standard InChI is InChI=1S/C21H19Cl2N5O2/c1-3-30-17-7-5-4-6-16(17)27-20(29)18-12(2)26-21-24-11-25-28(21)19(18)14-9-8-13(22)10-15(14)23/h4-11,19H,3H2,1-2H3,(H,27,29)(H,24,25,26). The first-order chi connectivity index (χ1) is 14.5. The third-order valence-corrected chi connectivity index (χ3v) is 5.29. The van der Waals surface area contributed by atoms with Gasteiger partial charge in [-0.05, 0) is 38.1 Å². The Bertz CT molecular complexity index is 1140. The van der Waals surface area contributed by atoms with Crippen molar-refractivity contribution in [2.24, 2.45) is 0 Å². The molecule has 7 nitrogen and oxygen atoms in total. The SMILES string of the molecule is CCOc1ccccc1NC(=O)C1=C(C)Nc2ncnn2C1c1ccc(Cl)cc1Cl. The number of nitrogens with one attached hydrogen (secondary N) is 2. The molecule has 1 aliphatic rings. The number of rotatable bonds is 5. The summed E-state index contributed by atoms with van der Waals surface area (Å²) in [6, 6.07) is 11.9. The average molecular weight is 444 g/mol. The molecule has 0 radical (unpaired) electrons. The van der Waals surface area contributed by atoms with Gasteiger partial charge in [0.15, 0.2) is 0 Å². The number of hydrogen-bond donors (Lipinski definition) is 2. The van der Waals surface area contributed by atoms with E-state index in [1.54, 1.807) is 28.9 Å². The predicted molar refractivity (Wildman–Crippen MR) is 117 cm³/mol. The zero-order valence-electron chi connectivity index (χ0n) is 16.3. The molecule has 0 saturated heterocycles. The van der Waals surface area contributed by atoms with Crippen LogP contribution in [0.5, 0.6) is 5.75 Å². The minimum atomic E-state index is -0.576. The highest BCUT2D eigenvalue weighted by atomic mass is 35.5. The van der Waals surface area contributed by atoms with E-state index in [9.17, 15) is 4.79 Å². The third kappa shape index (κ3) is 3.74. The highest BCUT2D eigenvalue weighted by molar-refractivity contribution is 6.35. The molecule has 1 aromatic heterocycles. The number of allylic oxidation sites excluding steroid dienone is 1. The molecule has 2 N–H and O–H groups in total. The first-order valence-corrected chi connectivity index (χ1v) is 10.1. The van der Waals surface area contributed by atoms with Gasteiger partial charge >= 0.3 is 0 Å². The van der Waals surface area contributed by atoms with Crippen molar-refractivity contribution in [3.05, 3.63) is 75.7 Å². The van der Waals surface area contributed by atoms with Crippen LogP contribution in [0.15, 0.2) is 60.1 Å². The van der Waals surface area contributed by atoms with Crippen LogP contribution < -0.4 is 15.4 Å². The van der Waals surface area contributed by atoms with Gasteiger partial charge in [-0.3, -0.25) is 4.79 Å². The predicted octanol–water partition coefficient (Wildman–Crippen LogP) is 4.91. The number of ether oxygens (including phenoxy) is 1. The Balaban J connectivity index is 1.77. The normalized spacial score (nSPS) is 15.4. The van der Waals surface area contributed by atoms with Crippen molar-refractivity contribution in [1.29, 1.82) is 0 Å². The molecule has 1 aliphatic heterocycles. The molecule has 154 valence electrons. The molecule has 0 bridgehead atoms. The lowest BCUT2D eigenvalue weighted by Gasteiger charge is -2.29. The van der Waals surface area contributed by atoms with Gasteiger partial charge < -0.3 is 15.4 Å². The third-order valence-electron chi connectivity index (χ3n) is 4.73. The Morgan fingerprint density at radius 3 is 2.83 bits per heavy atom. The zero-order chi connectivity index (χ0) is 21.3. The monoisotopic (exact) mass is 443 g/mol. The molecule has 0 aliphatic carbocycles. The van der Waals surface area contributed by atoms with Crippen LogP contribution in [0.1, 0.15) is 25.5 Å². The van der Waals surface area contributed by atoms with Crippen molar-refractivity contribution >= 4 is 40.7 Å². The van der Waals surface area contributed by atoms with Gasteiger partial charge in [0, 0.05) is 21.3 Å². The minimum absolute atomic E-state index is 0.302. The van der Waals surface area contributed by atoms with E-state index in [4.69, 9.17) is 27.9 Å². The molecule has 2 heterocycles. The van der Waals surface area contributed by atoms with Gasteiger partial charge in [-0.2, -0.15) is 10.1 Å². The van der Waals surface area contributed by atoms with Gasteiger partial charge in [0.05, 0.1) is 17.9 Å². The fourth-order valence-corrected chi connectivity index (χ4v) is 3.95. The summed E-state index contributed by atoms with van der Waals surface area (Å²) in [6.07, 6.45) is 1.43. The quantitative estimate of drug-likeness (QED) is 0.585. The van der Waals surface area contributed by atoms with Gasteiger partial charge in [0.25, 0.3) is 5.91 Å². The van der Waals surface area contributed by atoms with Crippen LogP contribution in [0, 0.1) is 0 Å². The van der Waals surface area contributed by atoms with E-state index in [-0.39, 0.29) is 5.91 Å². The molecule has 0 spiro atoms. The van der Waals surface area contributed by atoms with Crippen LogP contribution in [0.4, 0.5) is 11.6 Å². The number of benzene rings is 2. The van der Waals surface area contributed by atoms with Crippen molar-refractivity contribution in [2.75, 3.05) is 17.2 Å². The maximum absolute atomic E-state index is 13.4. The van der Waals surface area contributed by atoms with E-state index in [2.05, 4.69) is 20.7 Å².